The number of pyridine rings is 1. The molecule has 0 spiro atoms. The Balaban J connectivity index is 2.79. The van der Waals surface area contributed by atoms with Crippen molar-refractivity contribution in [3.8, 4) is 0 Å². The van der Waals surface area contributed by atoms with Crippen molar-refractivity contribution in [1.29, 1.82) is 0 Å². The lowest BCUT2D eigenvalue weighted by molar-refractivity contribution is 0.682. The maximum absolute atomic E-state index is 11.1. The van der Waals surface area contributed by atoms with Gasteiger partial charge in [0.15, 0.2) is 5.65 Å². The molecule has 0 aliphatic rings. The van der Waals surface area contributed by atoms with E-state index in [1.807, 2.05) is 6.07 Å². The minimum atomic E-state index is -1.06. The molecule has 2 heterocycles. The van der Waals surface area contributed by atoms with Gasteiger partial charge in [0.2, 0.25) is 0 Å². The average molecular weight is 181 g/mol. The molecule has 0 aliphatic carbocycles. The second kappa shape index (κ2) is 2.67. The summed E-state index contributed by atoms with van der Waals surface area (Å²) >= 11 is 0. The molecule has 1 unspecified atom stereocenters. The lowest BCUT2D eigenvalue weighted by atomic mass is 10.4. The predicted octanol–water partition coefficient (Wildman–Crippen LogP) is 0.573. The highest BCUT2D eigenvalue weighted by atomic mass is 32.2. The van der Waals surface area contributed by atoms with E-state index < -0.39 is 11.0 Å². The van der Waals surface area contributed by atoms with Crippen molar-refractivity contribution >= 4 is 22.1 Å². The van der Waals surface area contributed by atoms with Gasteiger partial charge in [-0.05, 0) is 12.1 Å². The SMILES string of the molecule is CS(=O)n1cnc2ncccc21. The van der Waals surface area contributed by atoms with Gasteiger partial charge in [-0.1, -0.05) is 0 Å². The number of fused-ring (bicyclic) bond motifs is 1. The first-order valence-corrected chi connectivity index (χ1v) is 4.92. The molecule has 2 rings (SSSR count). The van der Waals surface area contributed by atoms with Crippen LogP contribution in [0.1, 0.15) is 0 Å². The quantitative estimate of drug-likeness (QED) is 0.646. The lowest BCUT2D eigenvalue weighted by Crippen LogP contribution is -1.98. The number of imidazole rings is 1. The van der Waals surface area contributed by atoms with Crippen molar-refractivity contribution in [2.75, 3.05) is 6.26 Å². The maximum atomic E-state index is 11.1. The molecule has 0 saturated heterocycles. The van der Waals surface area contributed by atoms with Gasteiger partial charge < -0.3 is 0 Å². The van der Waals surface area contributed by atoms with E-state index in [2.05, 4.69) is 9.97 Å². The van der Waals surface area contributed by atoms with Gasteiger partial charge in [-0.25, -0.2) is 18.1 Å². The van der Waals surface area contributed by atoms with Crippen LogP contribution >= 0.6 is 0 Å². The first kappa shape index (κ1) is 7.42. The van der Waals surface area contributed by atoms with E-state index in [0.717, 1.165) is 5.52 Å². The molecule has 0 radical (unpaired) electrons. The van der Waals surface area contributed by atoms with Gasteiger partial charge >= 0.3 is 0 Å². The highest BCUT2D eigenvalue weighted by Gasteiger charge is 2.03. The third-order valence-electron chi connectivity index (χ3n) is 1.57. The van der Waals surface area contributed by atoms with Gasteiger partial charge in [-0.2, -0.15) is 0 Å². The summed E-state index contributed by atoms with van der Waals surface area (Å²) in [5.74, 6) is 0. The van der Waals surface area contributed by atoms with Gasteiger partial charge in [0.25, 0.3) is 0 Å². The highest BCUT2D eigenvalue weighted by molar-refractivity contribution is 7.82. The minimum absolute atomic E-state index is 0.632. The summed E-state index contributed by atoms with van der Waals surface area (Å²) in [4.78, 5) is 8.02. The van der Waals surface area contributed by atoms with Crippen molar-refractivity contribution in [3.05, 3.63) is 24.7 Å². The van der Waals surface area contributed by atoms with Crippen LogP contribution in [0.15, 0.2) is 24.7 Å². The number of hydrogen-bond donors (Lipinski definition) is 0. The van der Waals surface area contributed by atoms with Crippen LogP contribution in [0, 0.1) is 0 Å². The Morgan fingerprint density at radius 3 is 3.08 bits per heavy atom. The summed E-state index contributed by atoms with van der Waals surface area (Å²) in [5.41, 5.74) is 1.44. The molecule has 2 aromatic heterocycles. The number of aromatic nitrogens is 3. The van der Waals surface area contributed by atoms with E-state index in [1.165, 1.54) is 6.33 Å². The zero-order valence-electron chi connectivity index (χ0n) is 6.47. The summed E-state index contributed by atoms with van der Waals surface area (Å²) in [6.07, 6.45) is 4.81. The summed E-state index contributed by atoms with van der Waals surface area (Å²) in [7, 11) is -1.06. The van der Waals surface area contributed by atoms with Gasteiger partial charge in [-0.3, -0.25) is 0 Å². The van der Waals surface area contributed by atoms with Crippen molar-refractivity contribution in [3.63, 3.8) is 0 Å². The Hall–Kier alpha value is -1.23. The van der Waals surface area contributed by atoms with Crippen molar-refractivity contribution in [2.24, 2.45) is 0 Å². The van der Waals surface area contributed by atoms with Crippen LogP contribution in [0.2, 0.25) is 0 Å². The Morgan fingerprint density at radius 2 is 2.33 bits per heavy atom. The van der Waals surface area contributed by atoms with E-state index in [1.54, 1.807) is 22.5 Å². The zero-order chi connectivity index (χ0) is 8.55. The fourth-order valence-electron chi connectivity index (χ4n) is 1.03. The Labute approximate surface area is 71.8 Å². The van der Waals surface area contributed by atoms with Gasteiger partial charge in [0.05, 0.1) is 0 Å². The molecule has 0 fully saturated rings. The van der Waals surface area contributed by atoms with Crippen molar-refractivity contribution < 1.29 is 4.21 Å². The van der Waals surface area contributed by atoms with E-state index in [-0.39, 0.29) is 0 Å². The molecule has 1 atom stereocenters. The summed E-state index contributed by atoms with van der Waals surface area (Å²) in [6, 6.07) is 3.64. The lowest BCUT2D eigenvalue weighted by Gasteiger charge is -1.95. The number of nitrogens with zero attached hydrogens (tertiary/aromatic N) is 3. The molecular weight excluding hydrogens is 174 g/mol. The maximum Gasteiger partial charge on any atom is 0.178 e. The van der Waals surface area contributed by atoms with Crippen LogP contribution < -0.4 is 0 Å². The van der Waals surface area contributed by atoms with Crippen LogP contribution in [0.3, 0.4) is 0 Å². The minimum Gasteiger partial charge on any atom is -0.246 e. The molecule has 5 heteroatoms. The van der Waals surface area contributed by atoms with Gasteiger partial charge in [-0.15, -0.1) is 0 Å². The summed E-state index contributed by atoms with van der Waals surface area (Å²) in [6.45, 7) is 0. The Morgan fingerprint density at radius 1 is 1.50 bits per heavy atom. The van der Waals surface area contributed by atoms with Gasteiger partial charge in [0.1, 0.15) is 22.8 Å². The normalized spacial score (nSPS) is 13.4. The van der Waals surface area contributed by atoms with E-state index in [9.17, 15) is 4.21 Å². The first-order valence-electron chi connectivity index (χ1n) is 3.41. The molecular formula is C7H7N3OS. The topological polar surface area (TPSA) is 47.8 Å². The Bertz CT molecular complexity index is 437. The number of rotatable bonds is 1. The van der Waals surface area contributed by atoms with E-state index in [4.69, 9.17) is 0 Å². The molecule has 2 aromatic rings. The third-order valence-corrected chi connectivity index (χ3v) is 2.41. The fourth-order valence-corrected chi connectivity index (χ4v) is 1.63. The smallest absolute Gasteiger partial charge is 0.178 e. The molecule has 0 bridgehead atoms. The first-order chi connectivity index (χ1) is 5.79. The monoisotopic (exact) mass is 181 g/mol. The average Bonchev–Trinajstić information content (AvgIpc) is 2.47. The second-order valence-corrected chi connectivity index (χ2v) is 3.58. The van der Waals surface area contributed by atoms with Gasteiger partial charge in [0, 0.05) is 12.5 Å². The molecule has 0 saturated carbocycles. The molecule has 0 N–H and O–H groups in total. The molecule has 0 amide bonds. The molecule has 4 nitrogen and oxygen atoms in total. The van der Waals surface area contributed by atoms with Crippen molar-refractivity contribution in [1.82, 2.24) is 13.9 Å². The zero-order valence-corrected chi connectivity index (χ0v) is 7.28. The second-order valence-electron chi connectivity index (χ2n) is 2.34. The van der Waals surface area contributed by atoms with E-state index >= 15 is 0 Å². The van der Waals surface area contributed by atoms with Crippen LogP contribution in [0.4, 0.5) is 0 Å². The highest BCUT2D eigenvalue weighted by Crippen LogP contribution is 2.08. The molecule has 12 heavy (non-hydrogen) atoms. The fraction of sp³-hybridized carbons (Fsp3) is 0.143. The van der Waals surface area contributed by atoms with Crippen LogP contribution in [0.25, 0.3) is 11.2 Å². The van der Waals surface area contributed by atoms with Crippen LogP contribution in [0.5, 0.6) is 0 Å². The largest absolute Gasteiger partial charge is 0.246 e. The Kier molecular flexibility index (Phi) is 1.65. The van der Waals surface area contributed by atoms with E-state index in [0.29, 0.717) is 5.65 Å². The standard InChI is InChI=1S/C7H7N3OS/c1-12(11)10-5-9-7-6(10)3-2-4-8-7/h2-5H,1H3. The molecule has 0 aromatic carbocycles. The third kappa shape index (κ3) is 1.02. The molecule has 0 aliphatic heterocycles. The van der Waals surface area contributed by atoms with Crippen LogP contribution in [-0.4, -0.2) is 24.4 Å². The number of hydrogen-bond acceptors (Lipinski definition) is 3. The molecule has 62 valence electrons. The predicted molar refractivity (Wildman–Crippen MR) is 47.0 cm³/mol. The summed E-state index contributed by atoms with van der Waals surface area (Å²) < 4.78 is 12.7. The summed E-state index contributed by atoms with van der Waals surface area (Å²) in [5, 5.41) is 0. The van der Waals surface area contributed by atoms with Crippen LogP contribution in [-0.2, 0) is 11.0 Å². The van der Waals surface area contributed by atoms with Crippen molar-refractivity contribution in [2.45, 2.75) is 0 Å².